The van der Waals surface area contributed by atoms with E-state index >= 15 is 0 Å². The van der Waals surface area contributed by atoms with Gasteiger partial charge in [-0.3, -0.25) is 9.10 Å². The number of amides is 1. The number of aryl methyl sites for hydroxylation is 1. The van der Waals surface area contributed by atoms with Crippen molar-refractivity contribution in [1.82, 2.24) is 0 Å². The topological polar surface area (TPSA) is 66.5 Å². The number of hydrogen-bond donors (Lipinski definition) is 1. The highest BCUT2D eigenvalue weighted by atomic mass is 32.2. The molecule has 5 nitrogen and oxygen atoms in total. The van der Waals surface area contributed by atoms with E-state index in [-0.39, 0.29) is 4.90 Å². The first-order valence-electron chi connectivity index (χ1n) is 8.98. The third kappa shape index (κ3) is 4.63. The van der Waals surface area contributed by atoms with Crippen molar-refractivity contribution in [3.8, 4) is 0 Å². The zero-order valence-corrected chi connectivity index (χ0v) is 16.9. The minimum Gasteiger partial charge on any atom is -0.324 e. The highest BCUT2D eigenvalue weighted by Crippen LogP contribution is 2.24. The molecule has 3 aromatic carbocycles. The Hall–Kier alpha value is -3.19. The van der Waals surface area contributed by atoms with Gasteiger partial charge in [-0.2, -0.15) is 0 Å². The lowest BCUT2D eigenvalue weighted by Gasteiger charge is -2.24. The lowest BCUT2D eigenvalue weighted by molar-refractivity contribution is -0.114. The standard InChI is InChI=1S/C22H21FN2O3S/c1-16-7-6-10-21(17(16)2)24-22(26)15-25(19-8-4-3-5-9-19)29(27,28)20-13-11-18(23)12-14-20/h3-14H,15H2,1-2H3,(H,24,26). The predicted molar refractivity (Wildman–Crippen MR) is 112 cm³/mol. The lowest BCUT2D eigenvalue weighted by atomic mass is 10.1. The number of hydrogen-bond acceptors (Lipinski definition) is 3. The number of halogens is 1. The summed E-state index contributed by atoms with van der Waals surface area (Å²) in [6.45, 7) is 3.40. The maximum atomic E-state index is 13.2. The van der Waals surface area contributed by atoms with Gasteiger partial charge in [0.25, 0.3) is 10.0 Å². The molecule has 0 aliphatic rings. The Morgan fingerprint density at radius 2 is 1.59 bits per heavy atom. The molecule has 0 aromatic heterocycles. The van der Waals surface area contributed by atoms with Crippen LogP contribution in [-0.2, 0) is 14.8 Å². The molecule has 1 N–H and O–H groups in total. The van der Waals surface area contributed by atoms with E-state index < -0.39 is 28.3 Å². The van der Waals surface area contributed by atoms with Crippen LogP contribution in [0.2, 0.25) is 0 Å². The molecule has 29 heavy (non-hydrogen) atoms. The molecule has 0 radical (unpaired) electrons. The zero-order chi connectivity index (χ0) is 21.0. The summed E-state index contributed by atoms with van der Waals surface area (Å²) in [5, 5.41) is 2.78. The molecule has 0 atom stereocenters. The number of rotatable bonds is 6. The molecule has 0 aliphatic heterocycles. The fraction of sp³-hybridized carbons (Fsp3) is 0.136. The molecule has 0 fully saturated rings. The van der Waals surface area contributed by atoms with Gasteiger partial charge in [0.2, 0.25) is 5.91 Å². The van der Waals surface area contributed by atoms with Crippen molar-refractivity contribution in [2.45, 2.75) is 18.7 Å². The molecule has 0 aliphatic carbocycles. The van der Waals surface area contributed by atoms with Gasteiger partial charge in [-0.1, -0.05) is 30.3 Å². The van der Waals surface area contributed by atoms with Crippen LogP contribution in [0.4, 0.5) is 15.8 Å². The van der Waals surface area contributed by atoms with Gasteiger partial charge in [0.05, 0.1) is 10.6 Å². The Labute approximate surface area is 169 Å². The average Bonchev–Trinajstić information content (AvgIpc) is 2.70. The molecule has 3 rings (SSSR count). The zero-order valence-electron chi connectivity index (χ0n) is 16.1. The largest absolute Gasteiger partial charge is 0.324 e. The second-order valence-electron chi connectivity index (χ2n) is 6.60. The van der Waals surface area contributed by atoms with E-state index in [0.29, 0.717) is 11.4 Å². The van der Waals surface area contributed by atoms with Gasteiger partial charge in [0.1, 0.15) is 12.4 Å². The number of nitrogens with one attached hydrogen (secondary N) is 1. The van der Waals surface area contributed by atoms with E-state index in [4.69, 9.17) is 0 Å². The van der Waals surface area contributed by atoms with Crippen LogP contribution in [0.25, 0.3) is 0 Å². The van der Waals surface area contributed by atoms with Crippen molar-refractivity contribution in [3.05, 3.63) is 89.7 Å². The Balaban J connectivity index is 1.93. The predicted octanol–water partition coefficient (Wildman–Crippen LogP) is 4.28. The van der Waals surface area contributed by atoms with Crippen LogP contribution in [-0.4, -0.2) is 20.9 Å². The molecule has 1 amide bonds. The van der Waals surface area contributed by atoms with Crippen LogP contribution in [0.3, 0.4) is 0 Å². The summed E-state index contributed by atoms with van der Waals surface area (Å²) < 4.78 is 40.6. The number of benzene rings is 3. The summed E-state index contributed by atoms with van der Waals surface area (Å²) in [7, 11) is -4.07. The number of carbonyl (C=O) groups is 1. The van der Waals surface area contributed by atoms with Gasteiger partial charge in [-0.05, 0) is 67.4 Å². The van der Waals surface area contributed by atoms with Crippen molar-refractivity contribution in [2.24, 2.45) is 0 Å². The molecule has 0 saturated heterocycles. The molecule has 0 heterocycles. The maximum Gasteiger partial charge on any atom is 0.264 e. The van der Waals surface area contributed by atoms with Crippen LogP contribution in [0.15, 0.2) is 77.7 Å². The van der Waals surface area contributed by atoms with Gasteiger partial charge in [0.15, 0.2) is 0 Å². The minimum atomic E-state index is -4.07. The maximum absolute atomic E-state index is 13.2. The van der Waals surface area contributed by atoms with E-state index in [1.165, 1.54) is 12.1 Å². The van der Waals surface area contributed by atoms with Crippen molar-refractivity contribution in [3.63, 3.8) is 0 Å². The Bertz CT molecular complexity index is 1110. The summed E-state index contributed by atoms with van der Waals surface area (Å²) in [6, 6.07) is 18.4. The van der Waals surface area contributed by atoms with Crippen LogP contribution in [0.5, 0.6) is 0 Å². The van der Waals surface area contributed by atoms with E-state index in [0.717, 1.165) is 27.6 Å². The number of anilines is 2. The molecule has 3 aromatic rings. The number of nitrogens with zero attached hydrogens (tertiary/aromatic N) is 1. The van der Waals surface area contributed by atoms with Crippen molar-refractivity contribution in [2.75, 3.05) is 16.2 Å². The molecular weight excluding hydrogens is 391 g/mol. The van der Waals surface area contributed by atoms with Crippen molar-refractivity contribution >= 4 is 27.3 Å². The van der Waals surface area contributed by atoms with Crippen molar-refractivity contribution < 1.29 is 17.6 Å². The van der Waals surface area contributed by atoms with Crippen LogP contribution in [0.1, 0.15) is 11.1 Å². The molecule has 7 heteroatoms. The van der Waals surface area contributed by atoms with E-state index in [9.17, 15) is 17.6 Å². The van der Waals surface area contributed by atoms with E-state index in [1.807, 2.05) is 26.0 Å². The summed E-state index contributed by atoms with van der Waals surface area (Å²) in [5.74, 6) is -1.02. The summed E-state index contributed by atoms with van der Waals surface area (Å²) in [6.07, 6.45) is 0. The Morgan fingerprint density at radius 3 is 2.24 bits per heavy atom. The first-order chi connectivity index (χ1) is 13.8. The first kappa shape index (κ1) is 20.5. The van der Waals surface area contributed by atoms with Crippen LogP contribution < -0.4 is 9.62 Å². The number of para-hydroxylation sites is 1. The lowest BCUT2D eigenvalue weighted by Crippen LogP contribution is -2.38. The van der Waals surface area contributed by atoms with Gasteiger partial charge in [-0.25, -0.2) is 12.8 Å². The van der Waals surface area contributed by atoms with Gasteiger partial charge in [0, 0.05) is 5.69 Å². The second kappa shape index (κ2) is 8.45. The quantitative estimate of drug-likeness (QED) is 0.657. The molecule has 0 unspecified atom stereocenters. The summed E-state index contributed by atoms with van der Waals surface area (Å²) in [4.78, 5) is 12.6. The highest BCUT2D eigenvalue weighted by Gasteiger charge is 2.27. The van der Waals surface area contributed by atoms with Crippen LogP contribution in [0, 0.1) is 19.7 Å². The average molecular weight is 412 g/mol. The SMILES string of the molecule is Cc1cccc(NC(=O)CN(c2ccccc2)S(=O)(=O)c2ccc(F)cc2)c1C. The van der Waals surface area contributed by atoms with Gasteiger partial charge >= 0.3 is 0 Å². The fourth-order valence-corrected chi connectivity index (χ4v) is 4.27. The van der Waals surface area contributed by atoms with Crippen LogP contribution >= 0.6 is 0 Å². The normalized spacial score (nSPS) is 11.1. The third-order valence-electron chi connectivity index (χ3n) is 4.61. The molecule has 0 saturated carbocycles. The summed E-state index contributed by atoms with van der Waals surface area (Å²) in [5.41, 5.74) is 2.89. The van der Waals surface area contributed by atoms with Gasteiger partial charge < -0.3 is 5.32 Å². The monoisotopic (exact) mass is 412 g/mol. The first-order valence-corrected chi connectivity index (χ1v) is 10.4. The Morgan fingerprint density at radius 1 is 0.931 bits per heavy atom. The van der Waals surface area contributed by atoms with Gasteiger partial charge in [-0.15, -0.1) is 0 Å². The minimum absolute atomic E-state index is 0.0951. The molecule has 0 spiro atoms. The highest BCUT2D eigenvalue weighted by molar-refractivity contribution is 7.92. The Kier molecular flexibility index (Phi) is 5.98. The molecular formula is C22H21FN2O3S. The van der Waals surface area contributed by atoms with E-state index in [2.05, 4.69) is 5.32 Å². The number of sulfonamides is 1. The fourth-order valence-electron chi connectivity index (χ4n) is 2.85. The van der Waals surface area contributed by atoms with Crippen molar-refractivity contribution in [1.29, 1.82) is 0 Å². The smallest absolute Gasteiger partial charge is 0.264 e. The van der Waals surface area contributed by atoms with E-state index in [1.54, 1.807) is 36.4 Å². The molecule has 0 bridgehead atoms. The summed E-state index contributed by atoms with van der Waals surface area (Å²) >= 11 is 0. The molecule has 150 valence electrons. The number of carbonyl (C=O) groups excluding carboxylic acids is 1. The second-order valence-corrected chi connectivity index (χ2v) is 8.46. The third-order valence-corrected chi connectivity index (χ3v) is 6.40.